The smallest absolute Gasteiger partial charge is 0.450 e. The largest absolute Gasteiger partial charge is 0.503 e. The van der Waals surface area contributed by atoms with Gasteiger partial charge in [-0.2, -0.15) is 0 Å². The van der Waals surface area contributed by atoms with Crippen LogP contribution in [0.25, 0.3) is 0 Å². The van der Waals surface area contributed by atoms with E-state index in [4.69, 9.17) is 26.2 Å². The first kappa shape index (κ1) is 18.6. The summed E-state index contributed by atoms with van der Waals surface area (Å²) in [5.41, 5.74) is 5.99. The number of carboxylic acid groups (broad SMARTS) is 2. The van der Waals surface area contributed by atoms with Gasteiger partial charge in [-0.1, -0.05) is 11.8 Å². The highest BCUT2D eigenvalue weighted by atomic mass is 32.2. The van der Waals surface area contributed by atoms with E-state index in [-0.39, 0.29) is 11.0 Å². The van der Waals surface area contributed by atoms with E-state index in [0.29, 0.717) is 11.3 Å². The summed E-state index contributed by atoms with van der Waals surface area (Å²) in [5.74, 6) is 1.52. The average molecular weight is 280 g/mol. The molecule has 18 heavy (non-hydrogen) atoms. The summed E-state index contributed by atoms with van der Waals surface area (Å²) in [5, 5.41) is 22.4. The monoisotopic (exact) mass is 280 g/mol. The highest BCUT2D eigenvalue weighted by molar-refractivity contribution is 7.99. The molecule has 9 nitrogen and oxygen atoms in total. The number of aromatic nitrogens is 2. The fourth-order valence-electron chi connectivity index (χ4n) is 1.24. The third-order valence-electron chi connectivity index (χ3n) is 1.79. The molecular weight excluding hydrogens is 264 g/mol. The van der Waals surface area contributed by atoms with Gasteiger partial charge in [0.1, 0.15) is 11.3 Å². The van der Waals surface area contributed by atoms with Gasteiger partial charge in [-0.15, -0.1) is 0 Å². The lowest BCUT2D eigenvalue weighted by atomic mass is 10.4. The van der Waals surface area contributed by atoms with E-state index in [1.54, 1.807) is 17.8 Å². The SMILES string of the molecule is N=c1cc(N)nc2n1CCCS2.O.O.O=C(O)O. The molecule has 0 aromatic carbocycles. The molecule has 0 bridgehead atoms. The van der Waals surface area contributed by atoms with Gasteiger partial charge in [-0.25, -0.2) is 9.78 Å². The molecule has 0 amide bonds. The van der Waals surface area contributed by atoms with Crippen molar-refractivity contribution in [3.05, 3.63) is 11.6 Å². The highest BCUT2D eigenvalue weighted by Gasteiger charge is 2.10. The Bertz CT molecular complexity index is 446. The summed E-state index contributed by atoms with van der Waals surface area (Å²) in [7, 11) is 0. The second-order valence-electron chi connectivity index (χ2n) is 2.99. The summed E-state index contributed by atoms with van der Waals surface area (Å²) in [6, 6.07) is 1.59. The lowest BCUT2D eigenvalue weighted by Crippen LogP contribution is -2.26. The van der Waals surface area contributed by atoms with Gasteiger partial charge >= 0.3 is 6.16 Å². The molecule has 2 rings (SSSR count). The predicted molar refractivity (Wildman–Crippen MR) is 65.7 cm³/mol. The standard InChI is InChI=1S/C7H10N4S.CH2O3.2H2O/c8-5-4-6(9)11-2-1-3-12-7(11)10-5;2-1(3)4;;/h4,9H,1-3,8H2;(H2,2,3,4);2*1H2. The van der Waals surface area contributed by atoms with Gasteiger partial charge in [0, 0.05) is 18.4 Å². The Morgan fingerprint density at radius 2 is 2.06 bits per heavy atom. The third-order valence-corrected chi connectivity index (χ3v) is 2.85. The molecule has 0 unspecified atom stereocenters. The lowest BCUT2D eigenvalue weighted by Gasteiger charge is -2.17. The van der Waals surface area contributed by atoms with E-state index >= 15 is 0 Å². The summed E-state index contributed by atoms with van der Waals surface area (Å²) in [6.45, 7) is 0.897. The highest BCUT2D eigenvalue weighted by Crippen LogP contribution is 2.20. The van der Waals surface area contributed by atoms with Crippen LogP contribution in [0.3, 0.4) is 0 Å². The minimum atomic E-state index is -1.83. The van der Waals surface area contributed by atoms with Crippen molar-refractivity contribution in [1.29, 1.82) is 5.41 Å². The summed E-state index contributed by atoms with van der Waals surface area (Å²) >= 11 is 1.67. The molecule has 1 aromatic rings. The number of nitrogens with one attached hydrogen (secondary N) is 1. The van der Waals surface area contributed by atoms with Crippen LogP contribution in [0.15, 0.2) is 11.2 Å². The number of fused-ring (bicyclic) bond motifs is 1. The summed E-state index contributed by atoms with van der Waals surface area (Å²) in [4.78, 5) is 12.7. The number of carbonyl (C=O) groups is 1. The van der Waals surface area contributed by atoms with Crippen LogP contribution in [0, 0.1) is 5.41 Å². The van der Waals surface area contributed by atoms with E-state index in [9.17, 15) is 0 Å². The van der Waals surface area contributed by atoms with Gasteiger partial charge in [0.25, 0.3) is 0 Å². The van der Waals surface area contributed by atoms with Crippen molar-refractivity contribution in [2.75, 3.05) is 11.5 Å². The number of rotatable bonds is 0. The zero-order valence-corrected chi connectivity index (χ0v) is 10.2. The normalized spacial score (nSPS) is 11.8. The van der Waals surface area contributed by atoms with Crippen molar-refractivity contribution in [1.82, 2.24) is 9.55 Å². The Morgan fingerprint density at radius 1 is 1.50 bits per heavy atom. The van der Waals surface area contributed by atoms with Crippen LogP contribution < -0.4 is 11.2 Å². The molecule has 0 fully saturated rings. The maximum atomic E-state index is 8.56. The Morgan fingerprint density at radius 3 is 2.61 bits per heavy atom. The predicted octanol–water partition coefficient (Wildman–Crippen LogP) is -0.986. The van der Waals surface area contributed by atoms with Crippen molar-refractivity contribution in [2.45, 2.75) is 18.1 Å². The van der Waals surface area contributed by atoms with Crippen LogP contribution in [0.4, 0.5) is 10.6 Å². The molecule has 0 spiro atoms. The number of nitrogens with two attached hydrogens (primary N) is 1. The minimum absolute atomic E-state index is 0. The molecule has 0 radical (unpaired) electrons. The van der Waals surface area contributed by atoms with Gasteiger partial charge < -0.3 is 31.5 Å². The van der Waals surface area contributed by atoms with Crippen molar-refractivity contribution in [3.8, 4) is 0 Å². The number of nitrogens with zero attached hydrogens (tertiary/aromatic N) is 2. The van der Waals surface area contributed by atoms with Crippen LogP contribution in [-0.4, -0.2) is 42.6 Å². The topological polar surface area (TPSA) is 188 Å². The van der Waals surface area contributed by atoms with E-state index in [1.165, 1.54) is 0 Å². The fourth-order valence-corrected chi connectivity index (χ4v) is 2.21. The van der Waals surface area contributed by atoms with Crippen LogP contribution in [-0.2, 0) is 6.54 Å². The van der Waals surface area contributed by atoms with Gasteiger partial charge in [0.2, 0.25) is 0 Å². The number of anilines is 1. The van der Waals surface area contributed by atoms with Crippen molar-refractivity contribution in [2.24, 2.45) is 0 Å². The zero-order valence-electron chi connectivity index (χ0n) is 9.38. The molecule has 1 aliphatic rings. The van der Waals surface area contributed by atoms with Gasteiger partial charge in [-0.05, 0) is 6.42 Å². The molecule has 10 heteroatoms. The number of hydrogen-bond acceptors (Lipinski definition) is 5. The van der Waals surface area contributed by atoms with E-state index < -0.39 is 6.16 Å². The van der Waals surface area contributed by atoms with E-state index in [2.05, 4.69) is 4.98 Å². The molecule has 9 N–H and O–H groups in total. The summed E-state index contributed by atoms with van der Waals surface area (Å²) < 4.78 is 1.89. The number of thioether (sulfide) groups is 1. The fraction of sp³-hybridized carbons (Fsp3) is 0.375. The van der Waals surface area contributed by atoms with Crippen molar-refractivity contribution in [3.63, 3.8) is 0 Å². The number of nitrogen functional groups attached to an aromatic ring is 1. The van der Waals surface area contributed by atoms with Crippen molar-refractivity contribution >= 4 is 23.7 Å². The third kappa shape index (κ3) is 5.52. The van der Waals surface area contributed by atoms with E-state index in [0.717, 1.165) is 23.9 Å². The van der Waals surface area contributed by atoms with Gasteiger partial charge in [-0.3, -0.25) is 5.41 Å². The quantitative estimate of drug-likeness (QED) is 0.441. The molecule has 104 valence electrons. The molecule has 1 aliphatic heterocycles. The molecule has 0 saturated carbocycles. The zero-order chi connectivity index (χ0) is 12.1. The molecule has 0 atom stereocenters. The first-order valence-corrected chi connectivity index (χ1v) is 5.46. The second-order valence-corrected chi connectivity index (χ2v) is 4.05. The molecular formula is C8H16N4O5S. The molecule has 2 heterocycles. The number of hydrogen-bond donors (Lipinski definition) is 4. The first-order valence-electron chi connectivity index (χ1n) is 4.47. The molecule has 1 aromatic heterocycles. The first-order chi connectivity index (χ1) is 7.50. The summed E-state index contributed by atoms with van der Waals surface area (Å²) in [6.07, 6.45) is -0.722. The molecule has 0 aliphatic carbocycles. The van der Waals surface area contributed by atoms with Crippen LogP contribution in [0.1, 0.15) is 6.42 Å². The van der Waals surface area contributed by atoms with Gasteiger partial charge in [0.05, 0.1) is 0 Å². The van der Waals surface area contributed by atoms with Crippen LogP contribution >= 0.6 is 11.8 Å². The molecule has 0 saturated heterocycles. The van der Waals surface area contributed by atoms with Crippen LogP contribution in [0.5, 0.6) is 0 Å². The van der Waals surface area contributed by atoms with E-state index in [1.807, 2.05) is 4.57 Å². The second kappa shape index (κ2) is 8.33. The van der Waals surface area contributed by atoms with Crippen LogP contribution in [0.2, 0.25) is 0 Å². The Labute approximate surface area is 106 Å². The van der Waals surface area contributed by atoms with Crippen molar-refractivity contribution < 1.29 is 26.0 Å². The minimum Gasteiger partial charge on any atom is -0.450 e. The Balaban J connectivity index is 0. The average Bonchev–Trinajstić information content (AvgIpc) is 2.16. The maximum absolute atomic E-state index is 8.56. The Kier molecular flexibility index (Phi) is 8.60. The lowest BCUT2D eigenvalue weighted by molar-refractivity contribution is 0.137. The Hall–Kier alpha value is -1.78. The maximum Gasteiger partial charge on any atom is 0.503 e. The van der Waals surface area contributed by atoms with Gasteiger partial charge in [0.15, 0.2) is 5.16 Å².